The minimum atomic E-state index is -4.76. The van der Waals surface area contributed by atoms with Gasteiger partial charge in [-0.2, -0.15) is 0 Å². The quantitative estimate of drug-likeness (QED) is 0.920. The Morgan fingerprint density at radius 3 is 2.81 bits per heavy atom. The van der Waals surface area contributed by atoms with Gasteiger partial charge in [0, 0.05) is 25.2 Å². The maximum absolute atomic E-state index is 12.3. The van der Waals surface area contributed by atoms with E-state index in [0.717, 1.165) is 0 Å². The van der Waals surface area contributed by atoms with Crippen LogP contribution in [-0.4, -0.2) is 48.1 Å². The Kier molecular flexibility index (Phi) is 4.69. The van der Waals surface area contributed by atoms with Crippen LogP contribution in [0.3, 0.4) is 0 Å². The predicted molar refractivity (Wildman–Crippen MR) is 65.8 cm³/mol. The van der Waals surface area contributed by atoms with Crippen molar-refractivity contribution in [1.29, 1.82) is 0 Å². The summed E-state index contributed by atoms with van der Waals surface area (Å²) in [7, 11) is 0. The Balaban J connectivity index is 2.07. The predicted octanol–water partition coefficient (Wildman–Crippen LogP) is 1.87. The fraction of sp³-hybridized carbons (Fsp3) is 0.462. The van der Waals surface area contributed by atoms with Crippen LogP contribution in [0.15, 0.2) is 24.3 Å². The van der Waals surface area contributed by atoms with Crippen molar-refractivity contribution in [1.82, 2.24) is 4.90 Å². The third kappa shape index (κ3) is 4.61. The average Bonchev–Trinajstić information content (AvgIpc) is 2.40. The highest BCUT2D eigenvalue weighted by Crippen LogP contribution is 2.27. The van der Waals surface area contributed by atoms with Crippen molar-refractivity contribution in [3.8, 4) is 5.75 Å². The molecule has 21 heavy (non-hydrogen) atoms. The number of nitrogens with zero attached hydrogens (tertiary/aromatic N) is 1. The van der Waals surface area contributed by atoms with Crippen molar-refractivity contribution in [3.63, 3.8) is 0 Å². The first-order valence-corrected chi connectivity index (χ1v) is 6.25. The fourth-order valence-electron chi connectivity index (χ4n) is 2.10. The monoisotopic (exact) mass is 305 g/mol. The van der Waals surface area contributed by atoms with Crippen LogP contribution in [0.2, 0.25) is 0 Å². The number of ether oxygens (including phenoxy) is 2. The van der Waals surface area contributed by atoms with Crippen molar-refractivity contribution in [2.75, 3.05) is 19.7 Å². The molecule has 1 aromatic carbocycles. The molecular weight excluding hydrogens is 291 g/mol. The van der Waals surface area contributed by atoms with Crippen LogP contribution in [0.25, 0.3) is 0 Å². The van der Waals surface area contributed by atoms with Gasteiger partial charge in [0.15, 0.2) is 6.10 Å². The van der Waals surface area contributed by atoms with Crippen molar-refractivity contribution in [2.45, 2.75) is 19.0 Å². The Labute approximate surface area is 118 Å². The number of alkyl halides is 3. The van der Waals surface area contributed by atoms with Gasteiger partial charge in [-0.25, -0.2) is 4.79 Å². The lowest BCUT2D eigenvalue weighted by Gasteiger charge is -2.31. The minimum absolute atomic E-state index is 0.121. The molecule has 2 rings (SSSR count). The van der Waals surface area contributed by atoms with Crippen molar-refractivity contribution >= 4 is 5.97 Å². The Hall–Kier alpha value is -1.80. The van der Waals surface area contributed by atoms with E-state index in [9.17, 15) is 18.0 Å². The number of benzene rings is 1. The Morgan fingerprint density at radius 2 is 2.14 bits per heavy atom. The first-order valence-electron chi connectivity index (χ1n) is 6.25. The standard InChI is InChI=1S/C13H14F3NO4/c14-13(15,16)21-10-4-2-1-3-9(10)7-17-5-6-20-11(8-17)12(18)19/h1-4,11H,5-8H2,(H,18,19). The van der Waals surface area contributed by atoms with Gasteiger partial charge in [-0.15, -0.1) is 13.2 Å². The summed E-state index contributed by atoms with van der Waals surface area (Å²) in [4.78, 5) is 12.6. The summed E-state index contributed by atoms with van der Waals surface area (Å²) in [6, 6.07) is 5.81. The molecule has 1 atom stereocenters. The lowest BCUT2D eigenvalue weighted by atomic mass is 10.1. The van der Waals surface area contributed by atoms with Gasteiger partial charge < -0.3 is 14.6 Å². The van der Waals surface area contributed by atoms with E-state index in [1.54, 1.807) is 11.0 Å². The molecule has 0 aliphatic carbocycles. The number of carbonyl (C=O) groups is 1. The second-order valence-corrected chi connectivity index (χ2v) is 4.59. The van der Waals surface area contributed by atoms with Gasteiger partial charge in [0.25, 0.3) is 0 Å². The Bertz CT molecular complexity index is 506. The van der Waals surface area contributed by atoms with E-state index < -0.39 is 18.4 Å². The summed E-state index contributed by atoms with van der Waals surface area (Å²) in [6.07, 6.45) is -5.72. The zero-order valence-electron chi connectivity index (χ0n) is 11.0. The molecule has 1 saturated heterocycles. The van der Waals surface area contributed by atoms with Gasteiger partial charge in [-0.05, 0) is 6.07 Å². The SMILES string of the molecule is O=C(O)C1CN(Cc2ccccc2OC(F)(F)F)CCO1. The number of hydrogen-bond acceptors (Lipinski definition) is 4. The summed E-state index contributed by atoms with van der Waals surface area (Å²) in [5.41, 5.74) is 0.348. The van der Waals surface area contributed by atoms with E-state index in [2.05, 4.69) is 4.74 Å². The largest absolute Gasteiger partial charge is 0.573 e. The van der Waals surface area contributed by atoms with Crippen LogP contribution in [0.4, 0.5) is 13.2 Å². The van der Waals surface area contributed by atoms with Crippen LogP contribution >= 0.6 is 0 Å². The molecule has 0 spiro atoms. The highest BCUT2D eigenvalue weighted by Gasteiger charge is 2.32. The highest BCUT2D eigenvalue weighted by atomic mass is 19.4. The number of halogens is 3. The normalized spacial score (nSPS) is 20.2. The van der Waals surface area contributed by atoms with Gasteiger partial charge in [-0.1, -0.05) is 18.2 Å². The van der Waals surface area contributed by atoms with Gasteiger partial charge in [-0.3, -0.25) is 4.90 Å². The summed E-state index contributed by atoms with van der Waals surface area (Å²) in [5.74, 6) is -1.36. The first-order chi connectivity index (χ1) is 9.85. The van der Waals surface area contributed by atoms with E-state index in [1.165, 1.54) is 18.2 Å². The number of para-hydroxylation sites is 1. The van der Waals surface area contributed by atoms with E-state index in [1.807, 2.05) is 0 Å². The van der Waals surface area contributed by atoms with Crippen molar-refractivity contribution in [3.05, 3.63) is 29.8 Å². The van der Waals surface area contributed by atoms with E-state index >= 15 is 0 Å². The third-order valence-electron chi connectivity index (χ3n) is 3.02. The third-order valence-corrected chi connectivity index (χ3v) is 3.02. The summed E-state index contributed by atoms with van der Waals surface area (Å²) in [6.45, 7) is 0.957. The topological polar surface area (TPSA) is 59.0 Å². The zero-order valence-corrected chi connectivity index (χ0v) is 11.0. The molecule has 0 saturated carbocycles. The number of rotatable bonds is 4. The molecule has 1 aliphatic rings. The van der Waals surface area contributed by atoms with Crippen LogP contribution in [0, 0.1) is 0 Å². The molecule has 1 aliphatic heterocycles. The van der Waals surface area contributed by atoms with E-state index in [0.29, 0.717) is 12.1 Å². The van der Waals surface area contributed by atoms with Crippen LogP contribution in [-0.2, 0) is 16.1 Å². The molecule has 116 valence electrons. The van der Waals surface area contributed by atoms with Crippen LogP contribution in [0.5, 0.6) is 5.75 Å². The van der Waals surface area contributed by atoms with Crippen LogP contribution in [0.1, 0.15) is 5.56 Å². The molecule has 8 heteroatoms. The maximum atomic E-state index is 12.3. The average molecular weight is 305 g/mol. The maximum Gasteiger partial charge on any atom is 0.573 e. The molecule has 1 N–H and O–H groups in total. The molecule has 1 unspecified atom stereocenters. The molecule has 1 fully saturated rings. The summed E-state index contributed by atoms with van der Waals surface area (Å²) < 4.78 is 46.0. The number of aliphatic carboxylic acids is 1. The van der Waals surface area contributed by atoms with Crippen molar-refractivity contribution < 1.29 is 32.5 Å². The van der Waals surface area contributed by atoms with E-state index in [4.69, 9.17) is 9.84 Å². The first kappa shape index (κ1) is 15.6. The summed E-state index contributed by atoms with van der Waals surface area (Å²) >= 11 is 0. The summed E-state index contributed by atoms with van der Waals surface area (Å²) in [5, 5.41) is 8.90. The molecule has 0 amide bonds. The minimum Gasteiger partial charge on any atom is -0.479 e. The number of carboxylic acids is 1. The number of carboxylic acid groups (broad SMARTS) is 1. The fourth-order valence-corrected chi connectivity index (χ4v) is 2.10. The van der Waals surface area contributed by atoms with Gasteiger partial charge in [0.2, 0.25) is 0 Å². The number of morpholine rings is 1. The van der Waals surface area contributed by atoms with Gasteiger partial charge in [0.05, 0.1) is 6.61 Å². The van der Waals surface area contributed by atoms with Crippen molar-refractivity contribution in [2.24, 2.45) is 0 Å². The molecule has 1 heterocycles. The van der Waals surface area contributed by atoms with Gasteiger partial charge >= 0.3 is 12.3 Å². The zero-order chi connectivity index (χ0) is 15.5. The lowest BCUT2D eigenvalue weighted by molar-refractivity contribution is -0.275. The smallest absolute Gasteiger partial charge is 0.479 e. The Morgan fingerprint density at radius 1 is 1.43 bits per heavy atom. The molecule has 1 aromatic rings. The van der Waals surface area contributed by atoms with Gasteiger partial charge in [0.1, 0.15) is 5.75 Å². The van der Waals surface area contributed by atoms with E-state index in [-0.39, 0.29) is 25.4 Å². The second kappa shape index (κ2) is 6.31. The lowest BCUT2D eigenvalue weighted by Crippen LogP contribution is -2.45. The molecule has 0 bridgehead atoms. The second-order valence-electron chi connectivity index (χ2n) is 4.59. The molecule has 5 nitrogen and oxygen atoms in total. The molecular formula is C13H14F3NO4. The molecule has 0 radical (unpaired) electrons. The highest BCUT2D eigenvalue weighted by molar-refractivity contribution is 5.72. The number of hydrogen-bond donors (Lipinski definition) is 1. The van der Waals surface area contributed by atoms with Crippen LogP contribution < -0.4 is 4.74 Å². The molecule has 0 aromatic heterocycles.